The van der Waals surface area contributed by atoms with Gasteiger partial charge in [-0.15, -0.1) is 0 Å². The number of hydrogen-bond donors (Lipinski definition) is 4. The minimum Gasteiger partial charge on any atom is -0.394 e. The molecule has 1 aromatic rings. The molecule has 102 valence electrons. The molecule has 18 heavy (non-hydrogen) atoms. The average molecular weight is 260 g/mol. The molecule has 8 nitrogen and oxygen atoms in total. The van der Waals surface area contributed by atoms with Gasteiger partial charge < -0.3 is 20.1 Å². The molecule has 2 heterocycles. The van der Waals surface area contributed by atoms with E-state index < -0.39 is 42.4 Å². The maximum atomic E-state index is 11.4. The van der Waals surface area contributed by atoms with Crippen LogP contribution in [0.4, 0.5) is 0 Å². The van der Waals surface area contributed by atoms with Gasteiger partial charge in [0, 0.05) is 12.3 Å². The molecule has 1 fully saturated rings. The van der Waals surface area contributed by atoms with E-state index in [2.05, 4.69) is 0 Å². The Balaban J connectivity index is 0.00000162. The predicted molar refractivity (Wildman–Crippen MR) is 61.1 cm³/mol. The van der Waals surface area contributed by atoms with Crippen LogP contribution in [0, 0.1) is 0 Å². The van der Waals surface area contributed by atoms with E-state index in [1.165, 1.54) is 0 Å². The number of aliphatic hydroxyl groups excluding tert-OH is 3. The monoisotopic (exact) mass is 260 g/mol. The number of nitrogens with zero attached hydrogens (tertiary/aromatic N) is 1. The van der Waals surface area contributed by atoms with Gasteiger partial charge in [-0.3, -0.25) is 14.3 Å². The number of ether oxygens (including phenoxy) is 1. The number of nitrogens with one attached hydrogen (secondary N) is 1. The summed E-state index contributed by atoms with van der Waals surface area (Å²) in [5.74, 6) is 0. The second-order valence-electron chi connectivity index (χ2n) is 3.75. The van der Waals surface area contributed by atoms with Crippen molar-refractivity contribution in [2.24, 2.45) is 0 Å². The fraction of sp³-hybridized carbons (Fsp3) is 0.600. The lowest BCUT2D eigenvalue weighted by molar-refractivity contribution is -0.0550. The Labute approximate surface area is 102 Å². The summed E-state index contributed by atoms with van der Waals surface area (Å²) >= 11 is 0. The largest absolute Gasteiger partial charge is 0.394 e. The van der Waals surface area contributed by atoms with Crippen molar-refractivity contribution >= 4 is 0 Å². The summed E-state index contributed by atoms with van der Waals surface area (Å²) in [4.78, 5) is 24.3. The van der Waals surface area contributed by atoms with E-state index in [0.717, 1.165) is 16.8 Å². The molecule has 0 bridgehead atoms. The van der Waals surface area contributed by atoms with Crippen LogP contribution in [0.3, 0.4) is 0 Å². The molecule has 1 saturated heterocycles. The smallest absolute Gasteiger partial charge is 0.330 e. The van der Waals surface area contributed by atoms with E-state index in [-0.39, 0.29) is 7.43 Å². The zero-order valence-electron chi connectivity index (χ0n) is 8.68. The molecule has 0 aromatic carbocycles. The first kappa shape index (κ1) is 14.6. The normalized spacial score (nSPS) is 31.1. The van der Waals surface area contributed by atoms with Gasteiger partial charge >= 0.3 is 5.69 Å². The van der Waals surface area contributed by atoms with Crippen molar-refractivity contribution in [3.8, 4) is 0 Å². The summed E-state index contributed by atoms with van der Waals surface area (Å²) in [5, 5.41) is 28.1. The number of H-pyrrole nitrogens is 1. The predicted octanol–water partition coefficient (Wildman–Crippen LogP) is -2.22. The molecule has 0 amide bonds. The Hall–Kier alpha value is -1.48. The van der Waals surface area contributed by atoms with Gasteiger partial charge in [0.15, 0.2) is 6.23 Å². The third kappa shape index (κ3) is 2.36. The zero-order chi connectivity index (χ0) is 12.6. The van der Waals surface area contributed by atoms with Gasteiger partial charge in [0.05, 0.1) is 6.61 Å². The highest BCUT2D eigenvalue weighted by Gasteiger charge is 2.43. The molecule has 0 unspecified atom stereocenters. The first-order valence-corrected chi connectivity index (χ1v) is 4.98. The molecule has 0 radical (unpaired) electrons. The van der Waals surface area contributed by atoms with Gasteiger partial charge in [-0.05, 0) is 0 Å². The van der Waals surface area contributed by atoms with Crippen molar-refractivity contribution < 1.29 is 20.1 Å². The first-order valence-electron chi connectivity index (χ1n) is 4.98. The van der Waals surface area contributed by atoms with Crippen molar-refractivity contribution in [3.05, 3.63) is 33.1 Å². The molecule has 0 saturated carbocycles. The van der Waals surface area contributed by atoms with Crippen molar-refractivity contribution in [1.29, 1.82) is 0 Å². The van der Waals surface area contributed by atoms with Crippen LogP contribution in [-0.4, -0.2) is 49.8 Å². The molecule has 1 aliphatic heterocycles. The maximum absolute atomic E-state index is 11.4. The van der Waals surface area contributed by atoms with E-state index in [1.807, 2.05) is 4.98 Å². The number of hydrogen-bond acceptors (Lipinski definition) is 6. The average Bonchev–Trinajstić information content (AvgIpc) is 2.57. The summed E-state index contributed by atoms with van der Waals surface area (Å²) in [6, 6.07) is 1.09. The first-order chi connectivity index (χ1) is 8.04. The third-order valence-electron chi connectivity index (χ3n) is 2.64. The zero-order valence-corrected chi connectivity index (χ0v) is 8.68. The van der Waals surface area contributed by atoms with E-state index in [4.69, 9.17) is 9.84 Å². The molecule has 2 rings (SSSR count). The van der Waals surface area contributed by atoms with Gasteiger partial charge in [0.25, 0.3) is 5.56 Å². The van der Waals surface area contributed by atoms with Crippen LogP contribution in [0.2, 0.25) is 0 Å². The summed E-state index contributed by atoms with van der Waals surface area (Å²) in [5.41, 5.74) is -1.33. The Morgan fingerprint density at radius 3 is 2.50 bits per heavy atom. The second kappa shape index (κ2) is 5.44. The number of aromatic nitrogens is 2. The van der Waals surface area contributed by atoms with E-state index in [9.17, 15) is 19.8 Å². The van der Waals surface area contributed by atoms with Crippen molar-refractivity contribution in [3.63, 3.8) is 0 Å². The highest BCUT2D eigenvalue weighted by molar-refractivity contribution is 4.92. The molecule has 0 aliphatic carbocycles. The van der Waals surface area contributed by atoms with Crippen LogP contribution in [0.25, 0.3) is 0 Å². The van der Waals surface area contributed by atoms with Crippen LogP contribution < -0.4 is 11.2 Å². The molecule has 1 aromatic heterocycles. The molecular weight excluding hydrogens is 244 g/mol. The quantitative estimate of drug-likeness (QED) is 0.477. The SMILES string of the molecule is C.O=c1ccn([C@@H]2O[C@H](CO)[C@@H](O)[C@H]2O)c(=O)[nH]1. The van der Waals surface area contributed by atoms with Crippen LogP contribution >= 0.6 is 0 Å². The van der Waals surface area contributed by atoms with Crippen LogP contribution in [0.1, 0.15) is 13.7 Å². The van der Waals surface area contributed by atoms with Gasteiger partial charge in [0.2, 0.25) is 0 Å². The van der Waals surface area contributed by atoms with Gasteiger partial charge in [-0.25, -0.2) is 4.79 Å². The number of rotatable bonds is 2. The lowest BCUT2D eigenvalue weighted by Crippen LogP contribution is -2.37. The van der Waals surface area contributed by atoms with E-state index in [0.29, 0.717) is 0 Å². The minimum absolute atomic E-state index is 0. The summed E-state index contributed by atoms with van der Waals surface area (Å²) in [6.07, 6.45) is -3.58. The summed E-state index contributed by atoms with van der Waals surface area (Å²) in [6.45, 7) is -0.479. The second-order valence-corrected chi connectivity index (χ2v) is 3.75. The van der Waals surface area contributed by atoms with Crippen LogP contribution in [0.5, 0.6) is 0 Å². The topological polar surface area (TPSA) is 125 Å². The van der Waals surface area contributed by atoms with E-state index in [1.54, 1.807) is 0 Å². The third-order valence-corrected chi connectivity index (χ3v) is 2.64. The maximum Gasteiger partial charge on any atom is 0.330 e. The lowest BCUT2D eigenvalue weighted by Gasteiger charge is -2.16. The fourth-order valence-corrected chi connectivity index (χ4v) is 1.74. The van der Waals surface area contributed by atoms with Crippen molar-refractivity contribution in [1.82, 2.24) is 9.55 Å². The highest BCUT2D eigenvalue weighted by Crippen LogP contribution is 2.27. The molecular formula is C10H16N2O6. The van der Waals surface area contributed by atoms with Gasteiger partial charge in [-0.1, -0.05) is 7.43 Å². The minimum atomic E-state index is -1.35. The van der Waals surface area contributed by atoms with Crippen molar-refractivity contribution in [2.75, 3.05) is 6.61 Å². The molecule has 1 aliphatic rings. The fourth-order valence-electron chi connectivity index (χ4n) is 1.74. The Kier molecular flexibility index (Phi) is 4.41. The van der Waals surface area contributed by atoms with Crippen LogP contribution in [-0.2, 0) is 4.74 Å². The summed E-state index contributed by atoms with van der Waals surface area (Å²) < 4.78 is 6.08. The van der Waals surface area contributed by atoms with Gasteiger partial charge in [-0.2, -0.15) is 0 Å². The Morgan fingerprint density at radius 2 is 2.00 bits per heavy atom. The van der Waals surface area contributed by atoms with Crippen LogP contribution in [0.15, 0.2) is 21.9 Å². The molecule has 8 heteroatoms. The summed E-state index contributed by atoms with van der Waals surface area (Å²) in [7, 11) is 0. The van der Waals surface area contributed by atoms with Crippen molar-refractivity contribution in [2.45, 2.75) is 32.0 Å². The lowest BCUT2D eigenvalue weighted by atomic mass is 10.1. The number of aliphatic hydroxyl groups is 3. The molecule has 4 N–H and O–H groups in total. The standard InChI is InChI=1S/C9H12N2O6.CH4/c12-3-4-6(14)7(15)8(17-4)11-2-1-5(13)10-9(11)16;/h1-2,4,6-8,12,14-15H,3H2,(H,10,13,16);1H4/t4-,6-,7-,8-;/m1./s1. The van der Waals surface area contributed by atoms with E-state index >= 15 is 0 Å². The molecule has 4 atom stereocenters. The Morgan fingerprint density at radius 1 is 1.33 bits per heavy atom. The van der Waals surface area contributed by atoms with Gasteiger partial charge in [0.1, 0.15) is 18.3 Å². The number of aromatic amines is 1. The Bertz CT molecular complexity index is 510. The molecule has 0 spiro atoms. The highest BCUT2D eigenvalue weighted by atomic mass is 16.6.